The summed E-state index contributed by atoms with van der Waals surface area (Å²) in [6.07, 6.45) is 4.00. The van der Waals surface area contributed by atoms with Gasteiger partial charge in [0.25, 0.3) is 0 Å². The molecule has 2 heterocycles. The topological polar surface area (TPSA) is 80.8 Å². The lowest BCUT2D eigenvalue weighted by atomic mass is 10.2. The molecule has 0 aliphatic heterocycles. The molecule has 2 rings (SSSR count). The molecular weight excluding hydrogens is 220 g/mol. The first kappa shape index (κ1) is 11.3. The Kier molecular flexibility index (Phi) is 3.44. The first-order valence-electron chi connectivity index (χ1n) is 5.27. The van der Waals surface area contributed by atoms with E-state index in [0.717, 1.165) is 5.56 Å². The molecule has 6 heteroatoms. The molecule has 0 aliphatic carbocycles. The highest BCUT2D eigenvalue weighted by molar-refractivity contribution is 5.84. The summed E-state index contributed by atoms with van der Waals surface area (Å²) >= 11 is 0. The highest BCUT2D eigenvalue weighted by Gasteiger charge is 2.12. The lowest BCUT2D eigenvalue weighted by molar-refractivity contribution is 0.0512. The predicted octanol–water partition coefficient (Wildman–Crippen LogP) is 0.967. The standard InChI is InChI=1S/C11H12N4O2/c1-2-17-11(16)10-13-9(14-15-10)6-8-4-3-5-12-7-8/h3-5,7H,2,6H2,1H3,(H,13,14,15). The second-order valence-electron chi connectivity index (χ2n) is 3.38. The molecule has 0 bridgehead atoms. The lowest BCUT2D eigenvalue weighted by Gasteiger charge is -1.96. The van der Waals surface area contributed by atoms with Crippen molar-refractivity contribution < 1.29 is 9.53 Å². The number of H-pyrrole nitrogens is 1. The minimum absolute atomic E-state index is 0.130. The Morgan fingerprint density at radius 1 is 1.47 bits per heavy atom. The number of rotatable bonds is 4. The van der Waals surface area contributed by atoms with Gasteiger partial charge in [-0.15, -0.1) is 10.2 Å². The van der Waals surface area contributed by atoms with Crippen molar-refractivity contribution >= 4 is 5.97 Å². The van der Waals surface area contributed by atoms with Gasteiger partial charge in [-0.3, -0.25) is 4.98 Å². The van der Waals surface area contributed by atoms with E-state index in [1.165, 1.54) is 0 Å². The van der Waals surface area contributed by atoms with Crippen molar-refractivity contribution in [3.8, 4) is 0 Å². The average molecular weight is 232 g/mol. The van der Waals surface area contributed by atoms with Crippen LogP contribution in [0.4, 0.5) is 0 Å². The fraction of sp³-hybridized carbons (Fsp3) is 0.273. The Hall–Kier alpha value is -2.24. The van der Waals surface area contributed by atoms with E-state index < -0.39 is 5.97 Å². The summed E-state index contributed by atoms with van der Waals surface area (Å²) in [6.45, 7) is 2.06. The van der Waals surface area contributed by atoms with Gasteiger partial charge in [0.05, 0.1) is 6.61 Å². The summed E-state index contributed by atoms with van der Waals surface area (Å²) in [6, 6.07) is 3.78. The van der Waals surface area contributed by atoms with Crippen molar-refractivity contribution in [1.82, 2.24) is 20.2 Å². The number of nitrogens with zero attached hydrogens (tertiary/aromatic N) is 3. The molecule has 0 amide bonds. The van der Waals surface area contributed by atoms with Crippen molar-refractivity contribution in [2.45, 2.75) is 13.3 Å². The minimum atomic E-state index is -0.488. The molecule has 0 unspecified atom stereocenters. The van der Waals surface area contributed by atoms with E-state index in [1.54, 1.807) is 19.3 Å². The van der Waals surface area contributed by atoms with Crippen LogP contribution in [0.25, 0.3) is 0 Å². The van der Waals surface area contributed by atoms with Crippen LogP contribution in [-0.4, -0.2) is 32.7 Å². The molecule has 0 radical (unpaired) electrons. The number of ether oxygens (including phenoxy) is 1. The number of hydrogen-bond acceptors (Lipinski definition) is 5. The molecule has 2 aromatic heterocycles. The van der Waals surface area contributed by atoms with Crippen LogP contribution in [-0.2, 0) is 11.2 Å². The van der Waals surface area contributed by atoms with Crippen LogP contribution in [0.1, 0.15) is 28.9 Å². The summed E-state index contributed by atoms with van der Waals surface area (Å²) in [4.78, 5) is 18.2. The van der Waals surface area contributed by atoms with Gasteiger partial charge in [0, 0.05) is 18.8 Å². The zero-order valence-electron chi connectivity index (χ0n) is 9.38. The number of aromatic amines is 1. The Morgan fingerprint density at radius 3 is 3.06 bits per heavy atom. The second-order valence-corrected chi connectivity index (χ2v) is 3.38. The van der Waals surface area contributed by atoms with Crippen molar-refractivity contribution in [3.05, 3.63) is 41.7 Å². The van der Waals surface area contributed by atoms with E-state index in [4.69, 9.17) is 4.74 Å². The smallest absolute Gasteiger partial charge is 0.376 e. The van der Waals surface area contributed by atoms with Gasteiger partial charge in [0.2, 0.25) is 5.82 Å². The third-order valence-corrected chi connectivity index (χ3v) is 2.10. The highest BCUT2D eigenvalue weighted by atomic mass is 16.5. The van der Waals surface area contributed by atoms with Gasteiger partial charge < -0.3 is 9.72 Å². The average Bonchev–Trinajstić information content (AvgIpc) is 2.79. The first-order valence-corrected chi connectivity index (χ1v) is 5.27. The van der Waals surface area contributed by atoms with Crippen LogP contribution in [0, 0.1) is 0 Å². The molecule has 6 nitrogen and oxygen atoms in total. The number of nitrogens with one attached hydrogen (secondary N) is 1. The van der Waals surface area contributed by atoms with Crippen molar-refractivity contribution in [1.29, 1.82) is 0 Å². The first-order chi connectivity index (χ1) is 8.29. The summed E-state index contributed by atoms with van der Waals surface area (Å²) in [5, 5.41) is 7.61. The third-order valence-electron chi connectivity index (χ3n) is 2.10. The molecule has 1 N–H and O–H groups in total. The van der Waals surface area contributed by atoms with Gasteiger partial charge in [-0.25, -0.2) is 4.79 Å². The molecule has 0 aromatic carbocycles. The molecule has 0 saturated heterocycles. The Bertz CT molecular complexity index is 495. The molecule has 0 atom stereocenters. The fourth-order valence-corrected chi connectivity index (χ4v) is 1.36. The molecule has 0 saturated carbocycles. The van der Waals surface area contributed by atoms with E-state index in [1.807, 2.05) is 12.1 Å². The van der Waals surface area contributed by atoms with Gasteiger partial charge in [-0.05, 0) is 18.6 Å². The van der Waals surface area contributed by atoms with Gasteiger partial charge in [-0.1, -0.05) is 6.07 Å². The number of carbonyl (C=O) groups is 1. The Morgan fingerprint density at radius 2 is 2.35 bits per heavy atom. The molecule has 2 aromatic rings. The van der Waals surface area contributed by atoms with Crippen molar-refractivity contribution in [3.63, 3.8) is 0 Å². The Labute approximate surface area is 98.1 Å². The molecule has 0 spiro atoms. The zero-order valence-corrected chi connectivity index (χ0v) is 9.38. The number of aromatic nitrogens is 4. The number of pyridine rings is 1. The van der Waals surface area contributed by atoms with Gasteiger partial charge in [0.15, 0.2) is 0 Å². The van der Waals surface area contributed by atoms with Crippen LogP contribution < -0.4 is 0 Å². The van der Waals surface area contributed by atoms with E-state index in [9.17, 15) is 4.79 Å². The van der Waals surface area contributed by atoms with Gasteiger partial charge >= 0.3 is 5.97 Å². The number of hydrogen-bond donors (Lipinski definition) is 1. The SMILES string of the molecule is CCOC(=O)c1nnc(Cc2cccnc2)[nH]1. The minimum Gasteiger partial charge on any atom is -0.460 e. The summed E-state index contributed by atoms with van der Waals surface area (Å²) in [7, 11) is 0. The maximum atomic E-state index is 11.3. The van der Waals surface area contributed by atoms with Gasteiger partial charge in [-0.2, -0.15) is 0 Å². The van der Waals surface area contributed by atoms with Crippen LogP contribution in [0.5, 0.6) is 0 Å². The quantitative estimate of drug-likeness (QED) is 0.794. The summed E-state index contributed by atoms with van der Waals surface area (Å²) in [5.74, 6) is 0.254. The van der Waals surface area contributed by atoms with E-state index in [0.29, 0.717) is 18.9 Å². The monoisotopic (exact) mass is 232 g/mol. The largest absolute Gasteiger partial charge is 0.460 e. The maximum Gasteiger partial charge on any atom is 0.376 e. The molecule has 0 aliphatic rings. The molecular formula is C11H12N4O2. The third kappa shape index (κ3) is 2.87. The molecule has 17 heavy (non-hydrogen) atoms. The van der Waals surface area contributed by atoms with E-state index >= 15 is 0 Å². The van der Waals surface area contributed by atoms with E-state index in [-0.39, 0.29) is 5.82 Å². The number of esters is 1. The number of carbonyl (C=O) groups excluding carboxylic acids is 1. The predicted molar refractivity (Wildman–Crippen MR) is 59.4 cm³/mol. The van der Waals surface area contributed by atoms with Crippen molar-refractivity contribution in [2.24, 2.45) is 0 Å². The van der Waals surface area contributed by atoms with E-state index in [2.05, 4.69) is 20.2 Å². The summed E-state index contributed by atoms with van der Waals surface area (Å²) in [5.41, 5.74) is 0.999. The van der Waals surface area contributed by atoms with Crippen molar-refractivity contribution in [2.75, 3.05) is 6.61 Å². The zero-order chi connectivity index (χ0) is 12.1. The van der Waals surface area contributed by atoms with Gasteiger partial charge in [0.1, 0.15) is 5.82 Å². The normalized spacial score (nSPS) is 10.2. The Balaban J connectivity index is 2.06. The van der Waals surface area contributed by atoms with Crippen LogP contribution in [0.2, 0.25) is 0 Å². The fourth-order valence-electron chi connectivity index (χ4n) is 1.36. The lowest BCUT2D eigenvalue weighted by Crippen LogP contribution is -2.06. The second kappa shape index (κ2) is 5.20. The summed E-state index contributed by atoms with van der Waals surface area (Å²) < 4.78 is 4.81. The molecule has 0 fully saturated rings. The molecule has 88 valence electrons. The maximum absolute atomic E-state index is 11.3. The highest BCUT2D eigenvalue weighted by Crippen LogP contribution is 2.04. The van der Waals surface area contributed by atoms with Crippen LogP contribution in [0.3, 0.4) is 0 Å². The van der Waals surface area contributed by atoms with Crippen LogP contribution >= 0.6 is 0 Å². The van der Waals surface area contributed by atoms with Crippen LogP contribution in [0.15, 0.2) is 24.5 Å².